The van der Waals surface area contributed by atoms with Gasteiger partial charge < -0.3 is 0 Å². The van der Waals surface area contributed by atoms with E-state index in [4.69, 9.17) is 4.42 Å². The summed E-state index contributed by atoms with van der Waals surface area (Å²) in [6.45, 7) is 2.13. The van der Waals surface area contributed by atoms with Crippen molar-refractivity contribution in [2.75, 3.05) is 0 Å². The van der Waals surface area contributed by atoms with Crippen LogP contribution in [-0.2, 0) is 0 Å². The van der Waals surface area contributed by atoms with Gasteiger partial charge in [0, 0.05) is 0 Å². The van der Waals surface area contributed by atoms with E-state index in [0.717, 1.165) is 11.1 Å². The quantitative estimate of drug-likeness (QED) is 0.129. The first-order chi connectivity index (χ1) is 26.2. The van der Waals surface area contributed by atoms with E-state index in [1.807, 2.05) is 12.5 Å². The van der Waals surface area contributed by atoms with Crippen LogP contribution in [0.25, 0.3) is 107 Å². The molecule has 2 heteroatoms. The first kappa shape index (κ1) is 30.4. The molecule has 248 valence electrons. The van der Waals surface area contributed by atoms with Crippen LogP contribution in [-0.4, -0.2) is 14.5 Å². The third-order valence-corrected chi connectivity index (χ3v) is 13.5. The van der Waals surface area contributed by atoms with Crippen molar-refractivity contribution in [3.63, 3.8) is 0 Å². The number of rotatable bonds is 4. The molecule has 0 aliphatic carbocycles. The molecule has 11 aromatic rings. The Morgan fingerprint density at radius 3 is 1.38 bits per heavy atom. The van der Waals surface area contributed by atoms with Crippen LogP contribution in [0.5, 0.6) is 0 Å². The molecule has 0 unspecified atom stereocenters. The van der Waals surface area contributed by atoms with Gasteiger partial charge in [-0.25, -0.2) is 0 Å². The minimum atomic E-state index is 0.172. The zero-order chi connectivity index (χ0) is 35.0. The topological polar surface area (TPSA) is 13.1 Å². The Bertz CT molecular complexity index is 3120. The Labute approximate surface area is 313 Å². The first-order valence-electron chi connectivity index (χ1n) is 18.2. The SMILES string of the molecule is Cc1cocc1-c1c2ccccc2c(-c2ccc3c(c2)[se]c2cccc(-c4c5ccccc5c(-c5ccccc5)c5ccccc45)c23)c2ccccc12. The molecule has 0 bridgehead atoms. The number of fused-ring (bicyclic) bond motifs is 7. The molecule has 1 nitrogen and oxygen atoms in total. The number of hydrogen-bond donors (Lipinski definition) is 0. The van der Waals surface area contributed by atoms with E-state index in [1.54, 1.807) is 0 Å². The van der Waals surface area contributed by atoms with Crippen molar-refractivity contribution in [1.29, 1.82) is 0 Å². The summed E-state index contributed by atoms with van der Waals surface area (Å²) < 4.78 is 8.60. The van der Waals surface area contributed by atoms with Gasteiger partial charge in [-0.2, -0.15) is 0 Å². The monoisotopic (exact) mass is 740 g/mol. The summed E-state index contributed by atoms with van der Waals surface area (Å²) in [6, 6.07) is 60.9. The molecule has 2 aromatic heterocycles. The summed E-state index contributed by atoms with van der Waals surface area (Å²) >= 11 is 0.172. The zero-order valence-electron chi connectivity index (χ0n) is 29.1. The summed E-state index contributed by atoms with van der Waals surface area (Å²) in [4.78, 5) is 0. The second-order valence-electron chi connectivity index (χ2n) is 14.0. The summed E-state index contributed by atoms with van der Waals surface area (Å²) in [7, 11) is 0. The normalized spacial score (nSPS) is 11.9. The number of furan rings is 1. The van der Waals surface area contributed by atoms with Gasteiger partial charge in [0.25, 0.3) is 0 Å². The van der Waals surface area contributed by atoms with Crippen molar-refractivity contribution < 1.29 is 4.42 Å². The standard InChI is InChI=1S/C51H32OSe/c1-31-29-52-30-44(31)50-40-22-11-7-18-36(40)48(37-19-8-12-23-41(37)50)33-26-27-42-46(28-33)53-45-25-13-24-43(51(42)45)49-38-20-9-5-16-34(38)47(32-14-3-2-4-15-32)35-17-6-10-21-39(35)49/h2-30H,1H3. The van der Waals surface area contributed by atoms with Gasteiger partial charge in [0.15, 0.2) is 0 Å². The Morgan fingerprint density at radius 1 is 0.358 bits per heavy atom. The Balaban J connectivity index is 1.18. The van der Waals surface area contributed by atoms with Crippen molar-refractivity contribution >= 4 is 76.9 Å². The molecule has 0 aliphatic heterocycles. The van der Waals surface area contributed by atoms with Crippen molar-refractivity contribution in [1.82, 2.24) is 0 Å². The first-order valence-corrected chi connectivity index (χ1v) is 19.9. The number of hydrogen-bond acceptors (Lipinski definition) is 1. The molecular weight excluding hydrogens is 708 g/mol. The van der Waals surface area contributed by atoms with Crippen LogP contribution in [0.1, 0.15) is 5.56 Å². The van der Waals surface area contributed by atoms with E-state index in [9.17, 15) is 0 Å². The van der Waals surface area contributed by atoms with Crippen LogP contribution >= 0.6 is 0 Å². The molecule has 2 heterocycles. The summed E-state index contributed by atoms with van der Waals surface area (Å²) in [6.07, 6.45) is 3.75. The molecule has 0 amide bonds. The summed E-state index contributed by atoms with van der Waals surface area (Å²) in [5.41, 5.74) is 11.3. The van der Waals surface area contributed by atoms with Gasteiger partial charge in [-0.15, -0.1) is 0 Å². The molecule has 0 fully saturated rings. The van der Waals surface area contributed by atoms with Gasteiger partial charge in [0.1, 0.15) is 0 Å². The average Bonchev–Trinajstić information content (AvgIpc) is 3.81. The van der Waals surface area contributed by atoms with Crippen LogP contribution in [0, 0.1) is 6.92 Å². The predicted octanol–water partition coefficient (Wildman–Crippen LogP) is 14.2. The minimum absolute atomic E-state index is 0.172. The summed E-state index contributed by atoms with van der Waals surface area (Å²) in [5.74, 6) is 0. The molecular formula is C51H32OSe. The van der Waals surface area contributed by atoms with Crippen molar-refractivity contribution in [3.05, 3.63) is 182 Å². The average molecular weight is 740 g/mol. The van der Waals surface area contributed by atoms with Gasteiger partial charge in [-0.1, -0.05) is 0 Å². The van der Waals surface area contributed by atoms with E-state index < -0.39 is 0 Å². The molecule has 0 spiro atoms. The fraction of sp³-hybridized carbons (Fsp3) is 0.0196. The van der Waals surface area contributed by atoms with E-state index in [1.165, 1.54) is 101 Å². The molecule has 11 rings (SSSR count). The predicted molar refractivity (Wildman–Crippen MR) is 227 cm³/mol. The van der Waals surface area contributed by atoms with Crippen LogP contribution in [0.3, 0.4) is 0 Å². The van der Waals surface area contributed by atoms with Crippen molar-refractivity contribution in [2.45, 2.75) is 6.92 Å². The third kappa shape index (κ3) is 4.57. The molecule has 53 heavy (non-hydrogen) atoms. The molecule has 0 N–H and O–H groups in total. The van der Waals surface area contributed by atoms with Gasteiger partial charge in [0.2, 0.25) is 0 Å². The zero-order valence-corrected chi connectivity index (χ0v) is 30.8. The van der Waals surface area contributed by atoms with Crippen molar-refractivity contribution in [3.8, 4) is 44.5 Å². The second kappa shape index (κ2) is 11.9. The fourth-order valence-electron chi connectivity index (χ4n) is 8.87. The van der Waals surface area contributed by atoms with E-state index in [-0.39, 0.29) is 14.5 Å². The molecule has 0 atom stereocenters. The summed E-state index contributed by atoms with van der Waals surface area (Å²) in [5, 5.41) is 12.9. The van der Waals surface area contributed by atoms with Crippen LogP contribution in [0.4, 0.5) is 0 Å². The number of benzene rings is 9. The molecule has 9 aromatic carbocycles. The van der Waals surface area contributed by atoms with Gasteiger partial charge in [-0.3, -0.25) is 0 Å². The molecule has 0 aliphatic rings. The Kier molecular flexibility index (Phi) is 6.86. The Hall–Kier alpha value is -6.18. The Morgan fingerprint density at radius 2 is 0.849 bits per heavy atom. The maximum atomic E-state index is 5.71. The number of aryl methyl sites for hydroxylation is 1. The van der Waals surface area contributed by atoms with Gasteiger partial charge in [0.05, 0.1) is 0 Å². The molecule has 0 saturated heterocycles. The van der Waals surface area contributed by atoms with Crippen LogP contribution in [0.15, 0.2) is 181 Å². The van der Waals surface area contributed by atoms with Crippen LogP contribution in [0.2, 0.25) is 0 Å². The van der Waals surface area contributed by atoms with Gasteiger partial charge in [-0.05, 0) is 0 Å². The molecule has 0 radical (unpaired) electrons. The van der Waals surface area contributed by atoms with E-state index in [2.05, 4.69) is 171 Å². The van der Waals surface area contributed by atoms with E-state index >= 15 is 0 Å². The maximum absolute atomic E-state index is 5.71. The van der Waals surface area contributed by atoms with Crippen molar-refractivity contribution in [2.24, 2.45) is 0 Å². The molecule has 0 saturated carbocycles. The van der Waals surface area contributed by atoms with E-state index in [0.29, 0.717) is 0 Å². The fourth-order valence-corrected chi connectivity index (χ4v) is 11.3. The second-order valence-corrected chi connectivity index (χ2v) is 16.3. The third-order valence-electron chi connectivity index (χ3n) is 11.1. The van der Waals surface area contributed by atoms with Gasteiger partial charge >= 0.3 is 315 Å². The van der Waals surface area contributed by atoms with Crippen LogP contribution < -0.4 is 0 Å².